The van der Waals surface area contributed by atoms with Crippen molar-refractivity contribution in [3.05, 3.63) is 42.2 Å². The third-order valence-electron chi connectivity index (χ3n) is 2.27. The van der Waals surface area contributed by atoms with E-state index in [-0.39, 0.29) is 16.4 Å². The first-order chi connectivity index (χ1) is 8.95. The quantitative estimate of drug-likeness (QED) is 0.621. The molecule has 0 aliphatic carbocycles. The Labute approximate surface area is 114 Å². The van der Waals surface area contributed by atoms with Gasteiger partial charge >= 0.3 is 5.97 Å². The van der Waals surface area contributed by atoms with Gasteiger partial charge in [-0.2, -0.15) is 0 Å². The Balaban J connectivity index is 2.80. The maximum atomic E-state index is 13.5. The Bertz CT molecular complexity index is 505. The van der Waals surface area contributed by atoms with Crippen LogP contribution in [0.1, 0.15) is 17.3 Å². The Morgan fingerprint density at radius 1 is 1.58 bits per heavy atom. The monoisotopic (exact) mass is 283 g/mol. The zero-order valence-electron chi connectivity index (χ0n) is 10.4. The molecule has 0 aliphatic rings. The SMILES string of the molecule is C=CCNC(=O)C(C)Sc1cc(C(=O)O)ccc1F. The molecule has 0 saturated heterocycles. The minimum atomic E-state index is -1.13. The highest BCUT2D eigenvalue weighted by molar-refractivity contribution is 8.00. The summed E-state index contributed by atoms with van der Waals surface area (Å²) in [7, 11) is 0. The number of hydrogen-bond donors (Lipinski definition) is 2. The molecule has 0 aliphatic heterocycles. The molecule has 0 heterocycles. The van der Waals surface area contributed by atoms with Crippen LogP contribution < -0.4 is 5.32 Å². The summed E-state index contributed by atoms with van der Waals surface area (Å²) in [5, 5.41) is 10.9. The van der Waals surface area contributed by atoms with E-state index in [1.54, 1.807) is 13.0 Å². The number of benzene rings is 1. The minimum absolute atomic E-state index is 0.0115. The van der Waals surface area contributed by atoms with Crippen molar-refractivity contribution < 1.29 is 19.1 Å². The lowest BCUT2D eigenvalue weighted by Crippen LogP contribution is -2.30. The van der Waals surface area contributed by atoms with E-state index in [1.165, 1.54) is 12.1 Å². The van der Waals surface area contributed by atoms with Crippen LogP contribution in [0.3, 0.4) is 0 Å². The third-order valence-corrected chi connectivity index (χ3v) is 3.41. The summed E-state index contributed by atoms with van der Waals surface area (Å²) < 4.78 is 13.5. The minimum Gasteiger partial charge on any atom is -0.478 e. The van der Waals surface area contributed by atoms with Gasteiger partial charge in [-0.05, 0) is 25.1 Å². The van der Waals surface area contributed by atoms with Crippen molar-refractivity contribution >= 4 is 23.6 Å². The zero-order chi connectivity index (χ0) is 14.4. The van der Waals surface area contributed by atoms with E-state index in [0.717, 1.165) is 17.8 Å². The highest BCUT2D eigenvalue weighted by Gasteiger charge is 2.17. The number of carbonyl (C=O) groups is 2. The fourth-order valence-corrected chi connectivity index (χ4v) is 2.23. The van der Waals surface area contributed by atoms with Crippen LogP contribution in [-0.4, -0.2) is 28.8 Å². The van der Waals surface area contributed by atoms with Crippen molar-refractivity contribution in [1.82, 2.24) is 5.32 Å². The molecule has 0 saturated carbocycles. The summed E-state index contributed by atoms with van der Waals surface area (Å²) in [6, 6.07) is 3.49. The van der Waals surface area contributed by atoms with Crippen molar-refractivity contribution in [3.8, 4) is 0 Å². The molecular weight excluding hydrogens is 269 g/mol. The highest BCUT2D eigenvalue weighted by atomic mass is 32.2. The van der Waals surface area contributed by atoms with Gasteiger partial charge in [0.25, 0.3) is 0 Å². The average molecular weight is 283 g/mol. The van der Waals surface area contributed by atoms with Gasteiger partial charge in [-0.3, -0.25) is 4.79 Å². The van der Waals surface area contributed by atoms with Gasteiger partial charge in [0.05, 0.1) is 10.8 Å². The smallest absolute Gasteiger partial charge is 0.335 e. The Hall–Kier alpha value is -1.82. The maximum Gasteiger partial charge on any atom is 0.335 e. The normalized spacial score (nSPS) is 11.7. The van der Waals surface area contributed by atoms with Crippen molar-refractivity contribution in [1.29, 1.82) is 0 Å². The topological polar surface area (TPSA) is 66.4 Å². The average Bonchev–Trinajstić information content (AvgIpc) is 2.38. The molecule has 0 aromatic heterocycles. The first-order valence-corrected chi connectivity index (χ1v) is 6.41. The van der Waals surface area contributed by atoms with Crippen LogP contribution >= 0.6 is 11.8 Å². The summed E-state index contributed by atoms with van der Waals surface area (Å²) in [5.41, 5.74) is -0.0115. The summed E-state index contributed by atoms with van der Waals surface area (Å²) in [5.74, 6) is -1.94. The van der Waals surface area contributed by atoms with E-state index in [2.05, 4.69) is 11.9 Å². The van der Waals surface area contributed by atoms with E-state index >= 15 is 0 Å². The van der Waals surface area contributed by atoms with E-state index in [9.17, 15) is 14.0 Å². The molecular formula is C13H14FNO3S. The van der Waals surface area contributed by atoms with Gasteiger partial charge in [-0.15, -0.1) is 18.3 Å². The third kappa shape index (κ3) is 4.40. The summed E-state index contributed by atoms with van der Waals surface area (Å²) in [6.07, 6.45) is 1.54. The van der Waals surface area contributed by atoms with Crippen molar-refractivity contribution in [2.45, 2.75) is 17.1 Å². The van der Waals surface area contributed by atoms with Gasteiger partial charge in [0.2, 0.25) is 5.91 Å². The molecule has 1 atom stereocenters. The second-order valence-corrected chi connectivity index (χ2v) is 5.13. The Morgan fingerprint density at radius 3 is 2.84 bits per heavy atom. The number of amides is 1. The predicted octanol–water partition coefficient (Wildman–Crippen LogP) is 2.31. The van der Waals surface area contributed by atoms with E-state index in [4.69, 9.17) is 5.11 Å². The first kappa shape index (κ1) is 15.2. The van der Waals surface area contributed by atoms with Crippen LogP contribution in [0, 0.1) is 5.82 Å². The lowest BCUT2D eigenvalue weighted by atomic mass is 10.2. The number of carboxylic acids is 1. The van der Waals surface area contributed by atoms with E-state index in [1.807, 2.05) is 0 Å². The van der Waals surface area contributed by atoms with Gasteiger partial charge in [0.1, 0.15) is 5.82 Å². The number of thioether (sulfide) groups is 1. The van der Waals surface area contributed by atoms with Crippen LogP contribution in [0.4, 0.5) is 4.39 Å². The second-order valence-electron chi connectivity index (χ2n) is 3.74. The molecule has 0 fully saturated rings. The zero-order valence-corrected chi connectivity index (χ0v) is 11.2. The van der Waals surface area contributed by atoms with E-state index in [0.29, 0.717) is 6.54 Å². The summed E-state index contributed by atoms with van der Waals surface area (Å²) >= 11 is 0.976. The molecule has 6 heteroatoms. The van der Waals surface area contributed by atoms with Crippen LogP contribution in [0.5, 0.6) is 0 Å². The molecule has 1 aromatic carbocycles. The summed E-state index contributed by atoms with van der Waals surface area (Å²) in [6.45, 7) is 5.43. The molecule has 2 N–H and O–H groups in total. The molecule has 0 spiro atoms. The molecule has 4 nitrogen and oxygen atoms in total. The number of halogens is 1. The molecule has 0 radical (unpaired) electrons. The Kier molecular flexibility index (Phi) is 5.57. The van der Waals surface area contributed by atoms with Crippen LogP contribution in [-0.2, 0) is 4.79 Å². The molecule has 19 heavy (non-hydrogen) atoms. The van der Waals surface area contributed by atoms with Gasteiger partial charge < -0.3 is 10.4 Å². The van der Waals surface area contributed by atoms with Crippen LogP contribution in [0.2, 0.25) is 0 Å². The number of hydrogen-bond acceptors (Lipinski definition) is 3. The maximum absolute atomic E-state index is 13.5. The van der Waals surface area contributed by atoms with Crippen molar-refractivity contribution in [3.63, 3.8) is 0 Å². The first-order valence-electron chi connectivity index (χ1n) is 5.53. The van der Waals surface area contributed by atoms with Gasteiger partial charge in [-0.25, -0.2) is 9.18 Å². The second kappa shape index (κ2) is 6.94. The molecule has 1 unspecified atom stereocenters. The van der Waals surface area contributed by atoms with Crippen molar-refractivity contribution in [2.24, 2.45) is 0 Å². The fraction of sp³-hybridized carbons (Fsp3) is 0.231. The number of carboxylic acid groups (broad SMARTS) is 1. The molecule has 0 bridgehead atoms. The van der Waals surface area contributed by atoms with Gasteiger partial charge in [0, 0.05) is 11.4 Å². The highest BCUT2D eigenvalue weighted by Crippen LogP contribution is 2.27. The van der Waals surface area contributed by atoms with Gasteiger partial charge in [0.15, 0.2) is 0 Å². The summed E-state index contributed by atoms with van der Waals surface area (Å²) in [4.78, 5) is 22.6. The standard InChI is InChI=1S/C13H14FNO3S/c1-3-6-15-12(16)8(2)19-11-7-9(13(17)18)4-5-10(11)14/h3-5,7-8H,1,6H2,2H3,(H,15,16)(H,17,18). The number of rotatable bonds is 6. The number of aromatic carboxylic acids is 1. The molecule has 1 aromatic rings. The Morgan fingerprint density at radius 2 is 2.26 bits per heavy atom. The van der Waals surface area contributed by atoms with Crippen LogP contribution in [0.15, 0.2) is 35.7 Å². The predicted molar refractivity (Wildman–Crippen MR) is 71.9 cm³/mol. The molecule has 102 valence electrons. The molecule has 1 rings (SSSR count). The van der Waals surface area contributed by atoms with Gasteiger partial charge in [-0.1, -0.05) is 6.08 Å². The lowest BCUT2D eigenvalue weighted by Gasteiger charge is -2.11. The number of carbonyl (C=O) groups excluding carboxylic acids is 1. The largest absolute Gasteiger partial charge is 0.478 e. The fourth-order valence-electron chi connectivity index (χ4n) is 1.29. The van der Waals surface area contributed by atoms with Crippen molar-refractivity contribution in [2.75, 3.05) is 6.54 Å². The lowest BCUT2D eigenvalue weighted by molar-refractivity contribution is -0.120. The number of nitrogens with one attached hydrogen (secondary N) is 1. The van der Waals surface area contributed by atoms with Crippen LogP contribution in [0.25, 0.3) is 0 Å². The molecule has 1 amide bonds. The van der Waals surface area contributed by atoms with E-state index < -0.39 is 17.0 Å².